The van der Waals surface area contributed by atoms with Gasteiger partial charge in [-0.25, -0.2) is 8.93 Å². The Morgan fingerprint density at radius 1 is 1.11 bits per heavy atom. The molecular weight excluding hydrogens is 368 g/mol. The van der Waals surface area contributed by atoms with E-state index < -0.39 is 11.0 Å². The van der Waals surface area contributed by atoms with E-state index in [1.165, 1.54) is 19.3 Å². The van der Waals surface area contributed by atoms with Crippen LogP contribution in [0.1, 0.15) is 56.4 Å². The van der Waals surface area contributed by atoms with Crippen LogP contribution < -0.4 is 4.72 Å². The third-order valence-electron chi connectivity index (χ3n) is 5.56. The van der Waals surface area contributed by atoms with Crippen LogP contribution in [0.5, 0.6) is 0 Å². The first-order chi connectivity index (χ1) is 13.2. The number of hydrogen-bond donors (Lipinski definition) is 1. The van der Waals surface area contributed by atoms with Gasteiger partial charge < -0.3 is 5.48 Å². The lowest BCUT2D eigenvalue weighted by Gasteiger charge is -2.35. The normalized spacial score (nSPS) is 18.5. The lowest BCUT2D eigenvalue weighted by molar-refractivity contribution is 0.184. The molecule has 0 aromatic heterocycles. The fourth-order valence-electron chi connectivity index (χ4n) is 4.31. The zero-order chi connectivity index (χ0) is 19.2. The zero-order valence-corrected chi connectivity index (χ0v) is 18.1. The summed E-state index contributed by atoms with van der Waals surface area (Å²) >= 11 is 0. The maximum atomic E-state index is 12.4. The zero-order valence-electron chi connectivity index (χ0n) is 17.3. The van der Waals surface area contributed by atoms with Crippen molar-refractivity contribution < 1.29 is 11.1 Å². The minimum absolute atomic E-state index is 0. The Kier molecular flexibility index (Phi) is 8.83. The van der Waals surface area contributed by atoms with E-state index in [0.717, 1.165) is 36.5 Å². The molecule has 0 radical (unpaired) electrons. The average molecular weight is 405 g/mol. The Bertz CT molecular complexity index is 800. The van der Waals surface area contributed by atoms with Gasteiger partial charge in [0.25, 0.3) is 0 Å². The molecule has 2 aromatic rings. The van der Waals surface area contributed by atoms with Gasteiger partial charge in [0.1, 0.15) is 11.0 Å². The molecule has 0 saturated heterocycles. The quantitative estimate of drug-likeness (QED) is 0.740. The Morgan fingerprint density at radius 2 is 1.82 bits per heavy atom. The van der Waals surface area contributed by atoms with Gasteiger partial charge in [-0.2, -0.15) is 0 Å². The second kappa shape index (κ2) is 10.9. The van der Waals surface area contributed by atoms with Crippen LogP contribution in [0.15, 0.2) is 47.4 Å². The van der Waals surface area contributed by atoms with Crippen LogP contribution in [0.4, 0.5) is 0 Å². The van der Waals surface area contributed by atoms with E-state index >= 15 is 0 Å². The molecular formula is C23H36N2O2S. The molecule has 156 valence electrons. The highest BCUT2D eigenvalue weighted by Crippen LogP contribution is 2.41. The fourth-order valence-corrected chi connectivity index (χ4v) is 5.36. The van der Waals surface area contributed by atoms with Crippen LogP contribution in [0.3, 0.4) is 0 Å². The molecule has 28 heavy (non-hydrogen) atoms. The van der Waals surface area contributed by atoms with E-state index in [2.05, 4.69) is 27.8 Å². The summed E-state index contributed by atoms with van der Waals surface area (Å²) in [5.41, 5.74) is 5.82. The largest absolute Gasteiger partial charge is 0.412 e. The number of aryl methyl sites for hydroxylation is 2. The van der Waals surface area contributed by atoms with Gasteiger partial charge in [0.05, 0.1) is 4.90 Å². The summed E-state index contributed by atoms with van der Waals surface area (Å²) in [7, 11) is -1.11. The summed E-state index contributed by atoms with van der Waals surface area (Å²) in [4.78, 5) is 3.53. The third kappa shape index (κ3) is 4.90. The Balaban J connectivity index is 0.00000102. The predicted molar refractivity (Wildman–Crippen MR) is 120 cm³/mol. The molecule has 0 fully saturated rings. The molecule has 4 rings (SSSR count). The van der Waals surface area contributed by atoms with Crippen LogP contribution in [-0.4, -0.2) is 34.2 Å². The Morgan fingerprint density at radius 3 is 2.57 bits per heavy atom. The standard InChI is InChI=1S/C21H26N2OS.C2H6.H2O.H2/c1-16-6-2-3-9-20(16)25(24)22-13-5-14-23-15-12-18-8-4-7-17-10-11-19(23)21(17)18;1-2;;/h2-4,6-9,19,22H,5,10-15H2,1H3;1-2H3;1H2;1H. The third-order valence-corrected chi connectivity index (χ3v) is 6.89. The molecule has 2 aliphatic rings. The van der Waals surface area contributed by atoms with Crippen molar-refractivity contribution in [2.24, 2.45) is 0 Å². The van der Waals surface area contributed by atoms with Gasteiger partial charge in [-0.05, 0) is 60.9 Å². The monoisotopic (exact) mass is 404 g/mol. The molecule has 5 heteroatoms. The second-order valence-electron chi connectivity index (χ2n) is 7.11. The average Bonchev–Trinajstić information content (AvgIpc) is 3.14. The van der Waals surface area contributed by atoms with Crippen LogP contribution >= 0.6 is 0 Å². The van der Waals surface area contributed by atoms with Gasteiger partial charge in [-0.3, -0.25) is 4.90 Å². The number of nitrogens with one attached hydrogen (secondary N) is 1. The number of rotatable bonds is 6. The molecule has 4 nitrogen and oxygen atoms in total. The van der Waals surface area contributed by atoms with Gasteiger partial charge in [0.2, 0.25) is 0 Å². The van der Waals surface area contributed by atoms with Crippen LogP contribution in [-0.2, 0) is 23.8 Å². The van der Waals surface area contributed by atoms with Crippen molar-refractivity contribution in [2.75, 3.05) is 19.6 Å². The molecule has 0 spiro atoms. The molecule has 2 aromatic carbocycles. The SMILES string of the molecule is CC.Cc1ccccc1S(=O)NCCCN1CCc2cccc3c2C1CC3.O.[HH]. The molecule has 0 amide bonds. The highest BCUT2D eigenvalue weighted by Gasteiger charge is 2.32. The van der Waals surface area contributed by atoms with Gasteiger partial charge in [-0.15, -0.1) is 0 Å². The van der Waals surface area contributed by atoms with Crippen molar-refractivity contribution >= 4 is 11.0 Å². The molecule has 2 unspecified atom stereocenters. The summed E-state index contributed by atoms with van der Waals surface area (Å²) in [6.07, 6.45) is 4.68. The number of hydrogen-bond acceptors (Lipinski definition) is 2. The van der Waals surface area contributed by atoms with E-state index in [4.69, 9.17) is 0 Å². The van der Waals surface area contributed by atoms with E-state index in [1.54, 1.807) is 16.7 Å². The summed E-state index contributed by atoms with van der Waals surface area (Å²) in [5, 5.41) is 0. The number of nitrogens with zero attached hydrogens (tertiary/aromatic N) is 1. The van der Waals surface area contributed by atoms with E-state index in [-0.39, 0.29) is 6.90 Å². The van der Waals surface area contributed by atoms with Crippen molar-refractivity contribution in [1.82, 2.24) is 9.62 Å². The maximum absolute atomic E-state index is 12.4. The van der Waals surface area contributed by atoms with Crippen LogP contribution in [0.25, 0.3) is 0 Å². The van der Waals surface area contributed by atoms with Gasteiger partial charge in [0, 0.05) is 27.1 Å². The molecule has 0 saturated carbocycles. The maximum Gasteiger partial charge on any atom is 0.125 e. The lowest BCUT2D eigenvalue weighted by Crippen LogP contribution is -2.36. The van der Waals surface area contributed by atoms with Crippen molar-refractivity contribution in [3.63, 3.8) is 0 Å². The summed E-state index contributed by atoms with van der Waals surface area (Å²) in [6.45, 7) is 9.04. The minimum Gasteiger partial charge on any atom is -0.412 e. The second-order valence-corrected chi connectivity index (χ2v) is 8.38. The fraction of sp³-hybridized carbons (Fsp3) is 0.478. The van der Waals surface area contributed by atoms with Crippen LogP contribution in [0.2, 0.25) is 0 Å². The van der Waals surface area contributed by atoms with Gasteiger partial charge >= 0.3 is 0 Å². The van der Waals surface area contributed by atoms with Gasteiger partial charge in [-0.1, -0.05) is 50.2 Å². The van der Waals surface area contributed by atoms with E-state index in [9.17, 15) is 4.21 Å². The molecule has 1 aliphatic heterocycles. The predicted octanol–water partition coefficient (Wildman–Crippen LogP) is 3.99. The first-order valence-electron chi connectivity index (χ1n) is 10.3. The highest BCUT2D eigenvalue weighted by molar-refractivity contribution is 7.83. The minimum atomic E-state index is -1.11. The molecule has 1 heterocycles. The molecule has 1 aliphatic carbocycles. The van der Waals surface area contributed by atoms with Crippen LogP contribution in [0, 0.1) is 6.92 Å². The van der Waals surface area contributed by atoms with Crippen molar-refractivity contribution in [1.29, 1.82) is 0 Å². The Labute approximate surface area is 173 Å². The van der Waals surface area contributed by atoms with Crippen molar-refractivity contribution in [3.05, 3.63) is 64.7 Å². The molecule has 3 N–H and O–H groups in total. The first-order valence-corrected chi connectivity index (χ1v) is 11.4. The number of benzene rings is 2. The highest BCUT2D eigenvalue weighted by atomic mass is 32.2. The summed E-state index contributed by atoms with van der Waals surface area (Å²) < 4.78 is 15.6. The summed E-state index contributed by atoms with van der Waals surface area (Å²) in [6, 6.07) is 15.3. The van der Waals surface area contributed by atoms with E-state index in [0.29, 0.717) is 6.04 Å². The smallest absolute Gasteiger partial charge is 0.125 e. The first kappa shape index (κ1) is 22.8. The van der Waals surface area contributed by atoms with E-state index in [1.807, 2.05) is 45.0 Å². The molecule has 0 bridgehead atoms. The molecule has 2 atom stereocenters. The Hall–Kier alpha value is -1.53. The van der Waals surface area contributed by atoms with Crippen molar-refractivity contribution in [2.45, 2.75) is 57.4 Å². The summed E-state index contributed by atoms with van der Waals surface area (Å²) in [5.74, 6) is 0. The van der Waals surface area contributed by atoms with Gasteiger partial charge in [0.15, 0.2) is 0 Å². The lowest BCUT2D eigenvalue weighted by atomic mass is 9.93. The topological polar surface area (TPSA) is 63.8 Å². The van der Waals surface area contributed by atoms with Crippen molar-refractivity contribution in [3.8, 4) is 0 Å².